The van der Waals surface area contributed by atoms with E-state index in [4.69, 9.17) is 14.1 Å². The number of rotatable bonds is 7. The van der Waals surface area contributed by atoms with Crippen molar-refractivity contribution in [3.8, 4) is 5.75 Å². The van der Waals surface area contributed by atoms with Crippen molar-refractivity contribution >= 4 is 32.6 Å². The fourth-order valence-corrected chi connectivity index (χ4v) is 4.30. The van der Waals surface area contributed by atoms with Gasteiger partial charge in [0.05, 0.1) is 31.0 Å². The molecule has 30 heavy (non-hydrogen) atoms. The van der Waals surface area contributed by atoms with Gasteiger partial charge >= 0.3 is 0 Å². The smallest absolute Gasteiger partial charge is 0.233 e. The molecule has 0 atom stereocenters. The van der Waals surface area contributed by atoms with Crippen LogP contribution in [0.15, 0.2) is 65.3 Å². The second-order valence-corrected chi connectivity index (χ2v) is 8.44. The van der Waals surface area contributed by atoms with Crippen molar-refractivity contribution in [2.24, 2.45) is 0 Å². The van der Waals surface area contributed by atoms with E-state index in [2.05, 4.69) is 26.0 Å². The molecular formula is C24H24N2O3S. The minimum Gasteiger partial charge on any atom is -0.494 e. The third-order valence-electron chi connectivity index (χ3n) is 5.02. The molecule has 0 aliphatic rings. The van der Waals surface area contributed by atoms with E-state index in [1.165, 1.54) is 16.9 Å². The van der Waals surface area contributed by atoms with Crippen LogP contribution in [0.5, 0.6) is 5.75 Å². The summed E-state index contributed by atoms with van der Waals surface area (Å²) in [5.74, 6) is 1.85. The van der Waals surface area contributed by atoms with Crippen molar-refractivity contribution in [3.05, 3.63) is 77.7 Å². The summed E-state index contributed by atoms with van der Waals surface area (Å²) in [4.78, 5) is 19.7. The van der Waals surface area contributed by atoms with Crippen LogP contribution in [0, 0.1) is 0 Å². The topological polar surface area (TPSA) is 55.6 Å². The van der Waals surface area contributed by atoms with Crippen LogP contribution in [0.2, 0.25) is 0 Å². The normalized spacial score (nSPS) is 11.2. The van der Waals surface area contributed by atoms with Gasteiger partial charge in [0.25, 0.3) is 0 Å². The van der Waals surface area contributed by atoms with E-state index in [1.54, 1.807) is 18.3 Å². The molecule has 4 aromatic rings. The van der Waals surface area contributed by atoms with Crippen LogP contribution < -0.4 is 9.64 Å². The maximum absolute atomic E-state index is 13.3. The molecular weight excluding hydrogens is 396 g/mol. The van der Waals surface area contributed by atoms with E-state index in [1.807, 2.05) is 42.5 Å². The van der Waals surface area contributed by atoms with Crippen molar-refractivity contribution in [1.29, 1.82) is 0 Å². The molecule has 2 heterocycles. The number of ether oxygens (including phenoxy) is 1. The van der Waals surface area contributed by atoms with Crippen molar-refractivity contribution in [3.63, 3.8) is 0 Å². The zero-order valence-corrected chi connectivity index (χ0v) is 18.1. The maximum atomic E-state index is 13.3. The molecule has 2 aromatic carbocycles. The SMILES string of the molecule is COc1cccc2sc(N(Cc3ccco3)C(=O)Cc3ccc(C(C)C)cc3)nc12. The second kappa shape index (κ2) is 8.71. The Labute approximate surface area is 179 Å². The molecule has 2 aromatic heterocycles. The zero-order chi connectivity index (χ0) is 21.1. The van der Waals surface area contributed by atoms with Crippen LogP contribution in [0.1, 0.15) is 36.7 Å². The number of methoxy groups -OCH3 is 1. The van der Waals surface area contributed by atoms with Gasteiger partial charge in [0.15, 0.2) is 5.13 Å². The summed E-state index contributed by atoms with van der Waals surface area (Å²) >= 11 is 1.47. The average Bonchev–Trinajstić information content (AvgIpc) is 3.41. The first kappa shape index (κ1) is 20.2. The van der Waals surface area contributed by atoms with E-state index in [0.717, 1.165) is 15.8 Å². The Morgan fingerprint density at radius 2 is 1.93 bits per heavy atom. The van der Waals surface area contributed by atoms with Crippen LogP contribution in [0.25, 0.3) is 10.2 Å². The monoisotopic (exact) mass is 420 g/mol. The Hall–Kier alpha value is -3.12. The lowest BCUT2D eigenvalue weighted by Crippen LogP contribution is -2.31. The largest absolute Gasteiger partial charge is 0.494 e. The summed E-state index contributed by atoms with van der Waals surface area (Å²) in [7, 11) is 1.63. The van der Waals surface area contributed by atoms with Gasteiger partial charge in [0.1, 0.15) is 17.0 Å². The van der Waals surface area contributed by atoms with Crippen molar-refractivity contribution in [2.45, 2.75) is 32.7 Å². The molecule has 0 aliphatic carbocycles. The number of hydrogen-bond acceptors (Lipinski definition) is 5. The molecule has 0 aliphatic heterocycles. The van der Waals surface area contributed by atoms with Gasteiger partial charge in [0, 0.05) is 0 Å². The lowest BCUT2D eigenvalue weighted by atomic mass is 10.0. The fourth-order valence-electron chi connectivity index (χ4n) is 3.30. The van der Waals surface area contributed by atoms with E-state index < -0.39 is 0 Å². The van der Waals surface area contributed by atoms with Crippen molar-refractivity contribution < 1.29 is 13.9 Å². The number of amides is 1. The predicted octanol–water partition coefficient (Wildman–Crippen LogP) is 5.80. The number of hydrogen-bond donors (Lipinski definition) is 0. The summed E-state index contributed by atoms with van der Waals surface area (Å²) in [6.45, 7) is 4.65. The van der Waals surface area contributed by atoms with Crippen molar-refractivity contribution in [2.75, 3.05) is 12.0 Å². The Bertz CT molecular complexity index is 1130. The molecule has 0 saturated heterocycles. The Morgan fingerprint density at radius 1 is 1.13 bits per heavy atom. The summed E-state index contributed by atoms with van der Waals surface area (Å²) in [5, 5.41) is 0.634. The first-order valence-electron chi connectivity index (χ1n) is 9.90. The van der Waals surface area contributed by atoms with Gasteiger partial charge in [-0.25, -0.2) is 4.98 Å². The number of benzene rings is 2. The number of thiazole rings is 1. The molecule has 0 spiro atoms. The molecule has 0 bridgehead atoms. The number of furan rings is 1. The number of aromatic nitrogens is 1. The Balaban J connectivity index is 1.65. The number of carbonyl (C=O) groups excluding carboxylic acids is 1. The number of para-hydroxylation sites is 1. The minimum atomic E-state index is -0.0262. The summed E-state index contributed by atoms with van der Waals surface area (Å²) in [6.07, 6.45) is 1.91. The number of anilines is 1. The molecule has 1 amide bonds. The number of carbonyl (C=O) groups is 1. The lowest BCUT2D eigenvalue weighted by molar-refractivity contribution is -0.118. The van der Waals surface area contributed by atoms with Gasteiger partial charge in [-0.05, 0) is 41.3 Å². The van der Waals surface area contributed by atoms with Crippen LogP contribution in [0.4, 0.5) is 5.13 Å². The average molecular weight is 421 g/mol. The van der Waals surface area contributed by atoms with Gasteiger partial charge in [-0.15, -0.1) is 0 Å². The van der Waals surface area contributed by atoms with E-state index >= 15 is 0 Å². The lowest BCUT2D eigenvalue weighted by Gasteiger charge is -2.19. The third kappa shape index (κ3) is 4.24. The van der Waals surface area contributed by atoms with Gasteiger partial charge < -0.3 is 9.15 Å². The summed E-state index contributed by atoms with van der Waals surface area (Å²) in [6, 6.07) is 17.7. The molecule has 6 heteroatoms. The standard InChI is InChI=1S/C24H24N2O3S/c1-16(2)18-11-9-17(10-12-18)14-22(27)26(15-19-6-5-13-29-19)24-25-23-20(28-3)7-4-8-21(23)30-24/h4-13,16H,14-15H2,1-3H3. The molecule has 5 nitrogen and oxygen atoms in total. The Morgan fingerprint density at radius 3 is 2.60 bits per heavy atom. The molecule has 0 radical (unpaired) electrons. The third-order valence-corrected chi connectivity index (χ3v) is 6.06. The van der Waals surface area contributed by atoms with E-state index in [0.29, 0.717) is 35.5 Å². The predicted molar refractivity (Wildman–Crippen MR) is 120 cm³/mol. The highest BCUT2D eigenvalue weighted by Gasteiger charge is 2.22. The van der Waals surface area contributed by atoms with Crippen molar-refractivity contribution in [1.82, 2.24) is 4.98 Å². The molecule has 0 N–H and O–H groups in total. The van der Waals surface area contributed by atoms with Gasteiger partial charge in [-0.2, -0.15) is 0 Å². The van der Waals surface area contributed by atoms with Crippen LogP contribution >= 0.6 is 11.3 Å². The van der Waals surface area contributed by atoms with Gasteiger partial charge in [-0.1, -0.05) is 55.5 Å². The fraction of sp³-hybridized carbons (Fsp3) is 0.250. The quantitative estimate of drug-likeness (QED) is 0.379. The minimum absolute atomic E-state index is 0.0262. The van der Waals surface area contributed by atoms with E-state index in [9.17, 15) is 4.79 Å². The molecule has 0 saturated carbocycles. The Kier molecular flexibility index (Phi) is 5.86. The van der Waals surface area contributed by atoms with Crippen LogP contribution in [0.3, 0.4) is 0 Å². The summed E-state index contributed by atoms with van der Waals surface area (Å²) < 4.78 is 11.9. The second-order valence-electron chi connectivity index (χ2n) is 7.44. The molecule has 154 valence electrons. The number of fused-ring (bicyclic) bond motifs is 1. The maximum Gasteiger partial charge on any atom is 0.233 e. The molecule has 0 fully saturated rings. The highest BCUT2D eigenvalue weighted by molar-refractivity contribution is 7.22. The molecule has 0 unspecified atom stereocenters. The van der Waals surface area contributed by atoms with Gasteiger partial charge in [0.2, 0.25) is 5.91 Å². The van der Waals surface area contributed by atoms with Crippen LogP contribution in [-0.2, 0) is 17.8 Å². The number of nitrogens with zero attached hydrogens (tertiary/aromatic N) is 2. The first-order chi connectivity index (χ1) is 14.5. The molecule has 4 rings (SSSR count). The first-order valence-corrected chi connectivity index (χ1v) is 10.7. The zero-order valence-electron chi connectivity index (χ0n) is 17.3. The summed E-state index contributed by atoms with van der Waals surface area (Å²) in [5.41, 5.74) is 3.00. The van der Waals surface area contributed by atoms with Gasteiger partial charge in [-0.3, -0.25) is 9.69 Å². The highest BCUT2D eigenvalue weighted by Crippen LogP contribution is 2.35. The van der Waals surface area contributed by atoms with E-state index in [-0.39, 0.29) is 5.91 Å². The van der Waals surface area contributed by atoms with Crippen LogP contribution in [-0.4, -0.2) is 18.0 Å². The highest BCUT2D eigenvalue weighted by atomic mass is 32.1.